The van der Waals surface area contributed by atoms with Crippen molar-refractivity contribution in [3.8, 4) is 23.0 Å². The molecule has 2 fully saturated rings. The Hall–Kier alpha value is -5.32. The van der Waals surface area contributed by atoms with Gasteiger partial charge in [0.25, 0.3) is 5.91 Å². The van der Waals surface area contributed by atoms with E-state index in [1.54, 1.807) is 47.6 Å². The van der Waals surface area contributed by atoms with Gasteiger partial charge < -0.3 is 29.7 Å². The number of likely N-dealkylation sites (tertiary alicyclic amines) is 1. The van der Waals surface area contributed by atoms with Gasteiger partial charge in [0.15, 0.2) is 5.75 Å². The van der Waals surface area contributed by atoms with Crippen molar-refractivity contribution >= 4 is 44.6 Å². The second-order valence-corrected chi connectivity index (χ2v) is 18.3. The van der Waals surface area contributed by atoms with E-state index in [1.807, 2.05) is 18.2 Å². The lowest BCUT2D eigenvalue weighted by atomic mass is 9.85. The molecule has 1 aromatic carbocycles. The number of methoxy groups -OCH3 is 1. The van der Waals surface area contributed by atoms with Crippen LogP contribution < -0.4 is 24.8 Å². The van der Waals surface area contributed by atoms with E-state index in [0.717, 1.165) is 0 Å². The van der Waals surface area contributed by atoms with Crippen LogP contribution in [0.2, 0.25) is 0 Å². The highest BCUT2D eigenvalue weighted by atomic mass is 32.2. The fraction of sp³-hybridized carbons (Fsp3) is 0.513. The average molecular weight is 794 g/mol. The molecule has 5 rings (SSSR count). The summed E-state index contributed by atoms with van der Waals surface area (Å²) >= 11 is 0. The number of carbonyl (C=O) groups is 4. The Morgan fingerprint density at radius 1 is 1.04 bits per heavy atom. The van der Waals surface area contributed by atoms with Gasteiger partial charge in [-0.15, -0.1) is 6.58 Å². The Labute approximate surface area is 327 Å². The van der Waals surface area contributed by atoms with Crippen LogP contribution in [0.1, 0.15) is 74.1 Å². The first-order valence-electron chi connectivity index (χ1n) is 18.4. The number of aromatic nitrogens is 3. The highest BCUT2D eigenvalue weighted by molar-refractivity contribution is 7.91. The van der Waals surface area contributed by atoms with Crippen LogP contribution in [0.25, 0.3) is 22.2 Å². The summed E-state index contributed by atoms with van der Waals surface area (Å²) in [7, 11) is -2.44. The Morgan fingerprint density at radius 2 is 1.71 bits per heavy atom. The molecule has 3 heterocycles. The monoisotopic (exact) mass is 793 g/mol. The van der Waals surface area contributed by atoms with E-state index in [9.17, 15) is 27.6 Å². The third-order valence-corrected chi connectivity index (χ3v) is 11.2. The van der Waals surface area contributed by atoms with Crippen LogP contribution in [0.3, 0.4) is 0 Å². The SMILES string of the molecule is C=CCC(C)(NC(=O)C1CC(Oc2nc(-c3cnccn3)c(OC)c3ccccc23)CN1C(=O)C(NC(=O)OC(C)(C)C)C(C)(C)C)C(=O)NS(=O)(=O)C1CC1. The molecule has 17 heteroatoms. The summed E-state index contributed by atoms with van der Waals surface area (Å²) < 4.78 is 45.4. The number of nitrogens with zero attached hydrogens (tertiary/aromatic N) is 4. The predicted octanol–water partition coefficient (Wildman–Crippen LogP) is 4.05. The number of amides is 4. The van der Waals surface area contributed by atoms with E-state index in [0.29, 0.717) is 40.8 Å². The first kappa shape index (κ1) is 41.8. The zero-order chi connectivity index (χ0) is 41.2. The van der Waals surface area contributed by atoms with Gasteiger partial charge in [0, 0.05) is 29.6 Å². The van der Waals surface area contributed by atoms with E-state index in [4.69, 9.17) is 19.2 Å². The van der Waals surface area contributed by atoms with Gasteiger partial charge >= 0.3 is 6.09 Å². The summed E-state index contributed by atoms with van der Waals surface area (Å²) in [6.45, 7) is 15.4. The summed E-state index contributed by atoms with van der Waals surface area (Å²) in [6, 6.07) is 4.89. The quantitative estimate of drug-likeness (QED) is 0.210. The molecule has 1 aliphatic heterocycles. The number of carbonyl (C=O) groups excluding carboxylic acids is 4. The van der Waals surface area contributed by atoms with E-state index < -0.39 is 73.8 Å². The van der Waals surface area contributed by atoms with E-state index in [-0.39, 0.29) is 25.3 Å². The minimum absolute atomic E-state index is 0.0600. The molecule has 1 aliphatic carbocycles. The molecule has 3 aromatic rings. The maximum absolute atomic E-state index is 14.6. The minimum Gasteiger partial charge on any atom is -0.494 e. The summed E-state index contributed by atoms with van der Waals surface area (Å²) in [4.78, 5) is 70.3. The Morgan fingerprint density at radius 3 is 2.29 bits per heavy atom. The molecule has 2 aromatic heterocycles. The molecule has 3 N–H and O–H groups in total. The normalized spacial score (nSPS) is 19.0. The van der Waals surface area contributed by atoms with Crippen molar-refractivity contribution in [2.24, 2.45) is 5.41 Å². The molecule has 4 atom stereocenters. The minimum atomic E-state index is -3.96. The largest absolute Gasteiger partial charge is 0.494 e. The van der Waals surface area contributed by atoms with Crippen molar-refractivity contribution in [1.82, 2.24) is 35.2 Å². The van der Waals surface area contributed by atoms with Gasteiger partial charge in [-0.1, -0.05) is 45.0 Å². The standard InChI is InChI=1S/C39H51N7O9S/c1-10-17-39(8,35(49)45-56(51,52)24-15-16-24)44-32(47)28-20-23(22-46(28)34(48)31(37(2,3)4)43-36(50)55-38(5,6)7)54-33-26-14-12-11-13-25(26)30(53-9)29(42-33)27-21-40-18-19-41-27/h10-14,18-19,21,23-24,28,31H,1,15-17,20,22H2,2-9H3,(H,43,50)(H,44,47)(H,45,49). The molecule has 4 amide bonds. The van der Waals surface area contributed by atoms with Gasteiger partial charge in [0.05, 0.1) is 25.1 Å². The molecule has 1 saturated heterocycles. The van der Waals surface area contributed by atoms with Gasteiger partial charge in [-0.25, -0.2) is 18.2 Å². The second kappa shape index (κ2) is 16.0. The number of pyridine rings is 1. The third-order valence-electron chi connectivity index (χ3n) is 9.39. The molecule has 2 aliphatic rings. The van der Waals surface area contributed by atoms with Crippen LogP contribution in [-0.2, 0) is 29.1 Å². The second-order valence-electron chi connectivity index (χ2n) is 16.4. The van der Waals surface area contributed by atoms with Gasteiger partial charge in [-0.2, -0.15) is 0 Å². The fourth-order valence-corrected chi connectivity index (χ4v) is 7.83. The first-order chi connectivity index (χ1) is 26.2. The fourth-order valence-electron chi connectivity index (χ4n) is 6.42. The van der Waals surface area contributed by atoms with Crippen LogP contribution >= 0.6 is 0 Å². The van der Waals surface area contributed by atoms with Crippen molar-refractivity contribution in [1.29, 1.82) is 0 Å². The smallest absolute Gasteiger partial charge is 0.408 e. The Bertz CT molecular complexity index is 2100. The highest BCUT2D eigenvalue weighted by Gasteiger charge is 2.49. The number of benzene rings is 1. The Kier molecular flexibility index (Phi) is 12.0. The van der Waals surface area contributed by atoms with Crippen molar-refractivity contribution < 1.29 is 41.8 Å². The third kappa shape index (κ3) is 9.54. The number of ether oxygens (including phenoxy) is 3. The number of sulfonamides is 1. The summed E-state index contributed by atoms with van der Waals surface area (Å²) in [5.74, 6) is -1.66. The van der Waals surface area contributed by atoms with Gasteiger partial charge in [-0.3, -0.25) is 29.1 Å². The van der Waals surface area contributed by atoms with Crippen molar-refractivity contribution in [3.05, 3.63) is 55.5 Å². The van der Waals surface area contributed by atoms with E-state index >= 15 is 0 Å². The maximum atomic E-state index is 14.6. The number of alkyl carbamates (subject to hydrolysis) is 1. The number of nitrogens with one attached hydrogen (secondary N) is 3. The summed E-state index contributed by atoms with van der Waals surface area (Å²) in [6.07, 6.45) is 5.01. The molecule has 0 spiro atoms. The molecular weight excluding hydrogens is 743 g/mol. The number of hydrogen-bond donors (Lipinski definition) is 3. The highest BCUT2D eigenvalue weighted by Crippen LogP contribution is 2.40. The molecule has 4 unspecified atom stereocenters. The molecule has 0 radical (unpaired) electrons. The molecule has 56 heavy (non-hydrogen) atoms. The van der Waals surface area contributed by atoms with Crippen molar-refractivity contribution in [3.63, 3.8) is 0 Å². The molecule has 302 valence electrons. The average Bonchev–Trinajstić information content (AvgIpc) is 3.90. The number of fused-ring (bicyclic) bond motifs is 1. The first-order valence-corrected chi connectivity index (χ1v) is 19.9. The molecule has 16 nitrogen and oxygen atoms in total. The van der Waals surface area contributed by atoms with Gasteiger partial charge in [0.2, 0.25) is 27.7 Å². The lowest BCUT2D eigenvalue weighted by Gasteiger charge is -2.36. The van der Waals surface area contributed by atoms with E-state index in [2.05, 4.69) is 31.9 Å². The Balaban J connectivity index is 1.53. The molecule has 1 saturated carbocycles. The lowest BCUT2D eigenvalue weighted by Crippen LogP contribution is -2.62. The zero-order valence-electron chi connectivity index (χ0n) is 33.0. The van der Waals surface area contributed by atoms with Gasteiger partial charge in [-0.05, 0) is 58.4 Å². The van der Waals surface area contributed by atoms with E-state index in [1.165, 1.54) is 43.6 Å². The van der Waals surface area contributed by atoms with Crippen LogP contribution in [0.4, 0.5) is 4.79 Å². The van der Waals surface area contributed by atoms with Crippen LogP contribution in [0, 0.1) is 5.41 Å². The van der Waals surface area contributed by atoms with Crippen LogP contribution in [-0.4, -0.2) is 100 Å². The summed E-state index contributed by atoms with van der Waals surface area (Å²) in [5.41, 5.74) is -2.69. The van der Waals surface area contributed by atoms with Crippen molar-refractivity contribution in [2.45, 2.75) is 109 Å². The lowest BCUT2D eigenvalue weighted by molar-refractivity contribution is -0.143. The summed E-state index contributed by atoms with van der Waals surface area (Å²) in [5, 5.41) is 5.99. The zero-order valence-corrected chi connectivity index (χ0v) is 33.9. The predicted molar refractivity (Wildman–Crippen MR) is 208 cm³/mol. The van der Waals surface area contributed by atoms with Crippen LogP contribution in [0.5, 0.6) is 11.6 Å². The number of hydrogen-bond acceptors (Lipinski definition) is 12. The van der Waals surface area contributed by atoms with Gasteiger partial charge in [0.1, 0.15) is 40.7 Å². The number of rotatable bonds is 13. The maximum Gasteiger partial charge on any atom is 0.408 e. The molecule has 0 bridgehead atoms. The van der Waals surface area contributed by atoms with Crippen LogP contribution in [0.15, 0.2) is 55.5 Å². The molecular formula is C39H51N7O9S. The van der Waals surface area contributed by atoms with Crippen molar-refractivity contribution in [2.75, 3.05) is 13.7 Å². The topological polar surface area (TPSA) is 208 Å².